The molecule has 2 aromatic rings. The summed E-state index contributed by atoms with van der Waals surface area (Å²) in [6.07, 6.45) is 8.53. The quantitative estimate of drug-likeness (QED) is 0.137. The first-order valence-corrected chi connectivity index (χ1v) is 20.2. The van der Waals surface area contributed by atoms with Crippen LogP contribution in [0.25, 0.3) is 0 Å². The van der Waals surface area contributed by atoms with Crippen LogP contribution in [0.15, 0.2) is 72.5 Å². The van der Waals surface area contributed by atoms with Crippen LogP contribution < -0.4 is 0 Å². The van der Waals surface area contributed by atoms with E-state index in [9.17, 15) is 5.11 Å². The van der Waals surface area contributed by atoms with Crippen molar-refractivity contribution in [2.45, 2.75) is 90.9 Å². The van der Waals surface area contributed by atoms with E-state index in [1.807, 2.05) is 42.5 Å². The predicted octanol–water partition coefficient (Wildman–Crippen LogP) is 8.11. The summed E-state index contributed by atoms with van der Waals surface area (Å²) < 4.78 is 17.2. The summed E-state index contributed by atoms with van der Waals surface area (Å²) in [5.41, 5.74) is 2.08. The summed E-state index contributed by atoms with van der Waals surface area (Å²) in [6.45, 7) is 6.84. The third-order valence-corrected chi connectivity index (χ3v) is 19.4. The summed E-state index contributed by atoms with van der Waals surface area (Å²) >= 11 is -2.93. The van der Waals surface area contributed by atoms with Crippen molar-refractivity contribution in [2.75, 3.05) is 0 Å². The van der Waals surface area contributed by atoms with Gasteiger partial charge in [0.15, 0.2) is 0 Å². The van der Waals surface area contributed by atoms with E-state index in [0.717, 1.165) is 11.3 Å². The molecule has 1 heterocycles. The van der Waals surface area contributed by atoms with E-state index in [1.54, 1.807) is 0 Å². The fourth-order valence-electron chi connectivity index (χ4n) is 4.59. The molecule has 2 aromatic carbocycles. The van der Waals surface area contributed by atoms with E-state index < -0.39 is 24.9 Å². The Kier molecular flexibility index (Phi) is 10.8. The van der Waals surface area contributed by atoms with Crippen molar-refractivity contribution < 1.29 is 12.9 Å². The van der Waals surface area contributed by atoms with Crippen molar-refractivity contribution in [3.63, 3.8) is 0 Å². The molecule has 33 heavy (non-hydrogen) atoms. The molecule has 1 unspecified atom stereocenters. The SMILES string of the molecule is CCC[CH2][Sn]([CH2]CCC)([CH2]CCC)[O]/C(=C\C(O)c1ccccc1)[C@@H]1O[C@H]1c1ccccc1. The Morgan fingerprint density at radius 1 is 0.879 bits per heavy atom. The maximum atomic E-state index is 11.1. The minimum atomic E-state index is -2.93. The molecule has 1 saturated heterocycles. The number of aliphatic hydroxyl groups excluding tert-OH is 1. The molecule has 0 radical (unpaired) electrons. The summed E-state index contributed by atoms with van der Waals surface area (Å²) in [5.74, 6) is 0.888. The van der Waals surface area contributed by atoms with Gasteiger partial charge in [0, 0.05) is 0 Å². The van der Waals surface area contributed by atoms with E-state index in [1.165, 1.54) is 57.4 Å². The van der Waals surface area contributed by atoms with Crippen LogP contribution in [0.4, 0.5) is 0 Å². The molecular weight excluding hydrogens is 515 g/mol. The predicted molar refractivity (Wildman–Crippen MR) is 140 cm³/mol. The Morgan fingerprint density at radius 3 is 1.91 bits per heavy atom. The third-order valence-electron chi connectivity index (χ3n) is 6.66. The van der Waals surface area contributed by atoms with Gasteiger partial charge in [0.1, 0.15) is 0 Å². The minimum absolute atomic E-state index is 0.0212. The number of rotatable bonds is 15. The molecule has 1 aliphatic rings. The first kappa shape index (κ1) is 26.3. The fraction of sp³-hybridized carbons (Fsp3) is 0.517. The molecule has 3 atom stereocenters. The van der Waals surface area contributed by atoms with Gasteiger partial charge in [0.05, 0.1) is 0 Å². The van der Waals surface area contributed by atoms with Crippen LogP contribution in [0.1, 0.15) is 82.6 Å². The number of epoxide rings is 1. The molecule has 0 amide bonds. The normalized spacial score (nSPS) is 19.3. The summed E-state index contributed by atoms with van der Waals surface area (Å²) in [5, 5.41) is 11.1. The molecular formula is C29H42O3Sn. The van der Waals surface area contributed by atoms with E-state index in [0.29, 0.717) is 0 Å². The summed E-state index contributed by atoms with van der Waals surface area (Å²) in [4.78, 5) is 0. The molecule has 0 spiro atoms. The first-order valence-electron chi connectivity index (χ1n) is 13.0. The Labute approximate surface area is 205 Å². The number of unbranched alkanes of at least 4 members (excludes halogenated alkanes) is 3. The van der Waals surface area contributed by atoms with Gasteiger partial charge in [0.2, 0.25) is 0 Å². The van der Waals surface area contributed by atoms with E-state index >= 15 is 0 Å². The zero-order valence-corrected chi connectivity index (χ0v) is 23.6. The Morgan fingerprint density at radius 2 is 1.39 bits per heavy atom. The Bertz CT molecular complexity index is 815. The van der Waals surface area contributed by atoms with Gasteiger partial charge in [-0.2, -0.15) is 0 Å². The van der Waals surface area contributed by atoms with Crippen molar-refractivity contribution in [2.24, 2.45) is 0 Å². The van der Waals surface area contributed by atoms with E-state index in [-0.39, 0.29) is 12.2 Å². The average Bonchev–Trinajstić information content (AvgIpc) is 3.66. The van der Waals surface area contributed by atoms with Crippen molar-refractivity contribution in [1.82, 2.24) is 0 Å². The number of ether oxygens (including phenoxy) is 1. The molecule has 1 N–H and O–H groups in total. The monoisotopic (exact) mass is 558 g/mol. The van der Waals surface area contributed by atoms with E-state index in [2.05, 4.69) is 45.0 Å². The van der Waals surface area contributed by atoms with Crippen LogP contribution in [-0.4, -0.2) is 30.0 Å². The van der Waals surface area contributed by atoms with Gasteiger partial charge in [-0.1, -0.05) is 0 Å². The molecule has 1 aliphatic heterocycles. The fourth-order valence-corrected chi connectivity index (χ4v) is 18.1. The second kappa shape index (κ2) is 13.6. The number of hydrogen-bond acceptors (Lipinski definition) is 3. The number of benzene rings is 2. The van der Waals surface area contributed by atoms with Crippen LogP contribution in [-0.2, 0) is 7.81 Å². The second-order valence-electron chi connectivity index (χ2n) is 9.41. The van der Waals surface area contributed by atoms with E-state index in [4.69, 9.17) is 7.81 Å². The van der Waals surface area contributed by atoms with Crippen LogP contribution >= 0.6 is 0 Å². The van der Waals surface area contributed by atoms with Crippen LogP contribution in [0, 0.1) is 0 Å². The van der Waals surface area contributed by atoms with Crippen molar-refractivity contribution in [1.29, 1.82) is 0 Å². The van der Waals surface area contributed by atoms with Crippen molar-refractivity contribution >= 4 is 18.8 Å². The third kappa shape index (κ3) is 7.86. The second-order valence-corrected chi connectivity index (χ2v) is 21.0. The summed E-state index contributed by atoms with van der Waals surface area (Å²) in [7, 11) is 0. The van der Waals surface area contributed by atoms with Gasteiger partial charge in [-0.15, -0.1) is 0 Å². The number of hydrogen-bond donors (Lipinski definition) is 1. The average molecular weight is 557 g/mol. The van der Waals surface area contributed by atoms with Gasteiger partial charge in [0.25, 0.3) is 0 Å². The Balaban J connectivity index is 1.91. The van der Waals surface area contributed by atoms with Gasteiger partial charge < -0.3 is 0 Å². The molecule has 0 aliphatic carbocycles. The van der Waals surface area contributed by atoms with Crippen LogP contribution in [0.5, 0.6) is 0 Å². The number of aliphatic hydroxyl groups is 1. The van der Waals surface area contributed by atoms with Crippen molar-refractivity contribution in [3.8, 4) is 0 Å². The standard InChI is InChI=1S/C17H16O3.3C4H9.Sn/c18-14(12-7-3-1-4-8-12)11-15(19)17-16(20-17)13-9-5-2-6-10-13;3*1-3-4-2;/h1-11,14,16-19H;3*1,3-4H2,2H3;/q;;;;+1/p-1/b15-11-;;;;/t14?,16-,17-;;;;/m0..../s1. The van der Waals surface area contributed by atoms with Gasteiger partial charge in [-0.3, -0.25) is 0 Å². The molecule has 3 rings (SSSR count). The van der Waals surface area contributed by atoms with Gasteiger partial charge >= 0.3 is 206 Å². The topological polar surface area (TPSA) is 42.0 Å². The molecule has 0 saturated carbocycles. The zero-order valence-electron chi connectivity index (χ0n) is 20.7. The maximum absolute atomic E-state index is 11.1. The molecule has 1 fully saturated rings. The van der Waals surface area contributed by atoms with Crippen LogP contribution in [0.2, 0.25) is 13.3 Å². The Hall–Kier alpha value is -1.30. The summed E-state index contributed by atoms with van der Waals surface area (Å²) in [6, 6.07) is 20.3. The van der Waals surface area contributed by atoms with Gasteiger partial charge in [-0.25, -0.2) is 0 Å². The van der Waals surface area contributed by atoms with Crippen LogP contribution in [0.3, 0.4) is 0 Å². The molecule has 3 nitrogen and oxygen atoms in total. The molecule has 0 aromatic heterocycles. The molecule has 4 heteroatoms. The zero-order chi connectivity index (χ0) is 23.5. The molecule has 180 valence electrons. The van der Waals surface area contributed by atoms with Gasteiger partial charge in [-0.05, 0) is 0 Å². The molecule has 0 bridgehead atoms. The first-order chi connectivity index (χ1) is 16.1. The van der Waals surface area contributed by atoms with Crippen molar-refractivity contribution in [3.05, 3.63) is 83.6 Å².